The van der Waals surface area contributed by atoms with Gasteiger partial charge in [0.25, 0.3) is 5.91 Å². The van der Waals surface area contributed by atoms with Crippen molar-refractivity contribution in [2.75, 3.05) is 18.5 Å². The number of hydrogen-bond acceptors (Lipinski definition) is 5. The molecule has 27 heavy (non-hydrogen) atoms. The molecule has 7 nitrogen and oxygen atoms in total. The van der Waals surface area contributed by atoms with E-state index >= 15 is 0 Å². The summed E-state index contributed by atoms with van der Waals surface area (Å²) in [5.74, 6) is -1.90. The maximum atomic E-state index is 13.0. The van der Waals surface area contributed by atoms with E-state index in [4.69, 9.17) is 4.74 Å². The SMILES string of the molecule is C=CCNC(=O)NC(=O)COC(=O)c1ccccc1Nc1ccc(F)cc1. The molecule has 0 bridgehead atoms. The highest BCUT2D eigenvalue weighted by Crippen LogP contribution is 2.21. The summed E-state index contributed by atoms with van der Waals surface area (Å²) in [6.45, 7) is 3.00. The van der Waals surface area contributed by atoms with Crippen LogP contribution in [0, 0.1) is 5.82 Å². The maximum Gasteiger partial charge on any atom is 0.340 e. The summed E-state index contributed by atoms with van der Waals surface area (Å²) < 4.78 is 17.9. The van der Waals surface area contributed by atoms with Crippen molar-refractivity contribution in [2.45, 2.75) is 0 Å². The number of urea groups is 1. The highest BCUT2D eigenvalue weighted by atomic mass is 19.1. The fourth-order valence-electron chi connectivity index (χ4n) is 2.04. The number of carbonyl (C=O) groups is 3. The third kappa shape index (κ3) is 6.28. The largest absolute Gasteiger partial charge is 0.452 e. The first-order valence-corrected chi connectivity index (χ1v) is 7.97. The Hall–Kier alpha value is -3.68. The van der Waals surface area contributed by atoms with E-state index in [1.165, 1.54) is 36.4 Å². The van der Waals surface area contributed by atoms with Gasteiger partial charge in [0.05, 0.1) is 11.3 Å². The summed E-state index contributed by atoms with van der Waals surface area (Å²) >= 11 is 0. The Labute approximate surface area is 155 Å². The van der Waals surface area contributed by atoms with Crippen molar-refractivity contribution in [3.05, 3.63) is 72.6 Å². The Morgan fingerprint density at radius 1 is 1.07 bits per heavy atom. The second-order valence-corrected chi connectivity index (χ2v) is 5.30. The van der Waals surface area contributed by atoms with Crippen molar-refractivity contribution in [3.63, 3.8) is 0 Å². The number of hydrogen-bond donors (Lipinski definition) is 3. The van der Waals surface area contributed by atoms with E-state index < -0.39 is 24.5 Å². The molecule has 0 unspecified atom stereocenters. The number of halogens is 1. The van der Waals surface area contributed by atoms with Gasteiger partial charge in [0.15, 0.2) is 6.61 Å². The number of imide groups is 1. The zero-order valence-electron chi connectivity index (χ0n) is 14.3. The van der Waals surface area contributed by atoms with Gasteiger partial charge in [-0.3, -0.25) is 10.1 Å². The molecule has 3 N–H and O–H groups in total. The molecule has 0 aliphatic carbocycles. The first kappa shape index (κ1) is 19.6. The van der Waals surface area contributed by atoms with Gasteiger partial charge in [-0.25, -0.2) is 14.0 Å². The number of nitrogens with one attached hydrogen (secondary N) is 3. The molecule has 0 saturated carbocycles. The van der Waals surface area contributed by atoms with E-state index in [0.29, 0.717) is 11.4 Å². The molecule has 2 aromatic rings. The Morgan fingerprint density at radius 3 is 2.48 bits per heavy atom. The molecule has 0 saturated heterocycles. The number of para-hydroxylation sites is 1. The van der Waals surface area contributed by atoms with Gasteiger partial charge in [0, 0.05) is 12.2 Å². The van der Waals surface area contributed by atoms with Crippen LogP contribution >= 0.6 is 0 Å². The molecule has 0 spiro atoms. The van der Waals surface area contributed by atoms with E-state index in [0.717, 1.165) is 0 Å². The van der Waals surface area contributed by atoms with Crippen molar-refractivity contribution >= 4 is 29.3 Å². The summed E-state index contributed by atoms with van der Waals surface area (Å²) in [7, 11) is 0. The average molecular weight is 371 g/mol. The summed E-state index contributed by atoms with van der Waals surface area (Å²) in [6, 6.07) is 11.4. The van der Waals surface area contributed by atoms with Crippen LogP contribution in [0.25, 0.3) is 0 Å². The van der Waals surface area contributed by atoms with Crippen molar-refractivity contribution in [1.82, 2.24) is 10.6 Å². The normalized spacial score (nSPS) is 9.81. The number of esters is 1. The summed E-state index contributed by atoms with van der Waals surface area (Å²) in [5, 5.41) is 7.36. The van der Waals surface area contributed by atoms with Crippen LogP contribution < -0.4 is 16.0 Å². The van der Waals surface area contributed by atoms with E-state index in [1.807, 2.05) is 5.32 Å². The fourth-order valence-corrected chi connectivity index (χ4v) is 2.04. The van der Waals surface area contributed by atoms with Gasteiger partial charge >= 0.3 is 12.0 Å². The monoisotopic (exact) mass is 371 g/mol. The number of ether oxygens (including phenoxy) is 1. The second-order valence-electron chi connectivity index (χ2n) is 5.30. The molecule has 8 heteroatoms. The van der Waals surface area contributed by atoms with Crippen molar-refractivity contribution in [3.8, 4) is 0 Å². The van der Waals surface area contributed by atoms with Gasteiger partial charge in [-0.15, -0.1) is 6.58 Å². The van der Waals surface area contributed by atoms with Crippen LogP contribution in [0.15, 0.2) is 61.2 Å². The lowest BCUT2D eigenvalue weighted by molar-refractivity contribution is -0.123. The Balaban J connectivity index is 1.96. The van der Waals surface area contributed by atoms with Gasteiger partial charge in [-0.2, -0.15) is 0 Å². The average Bonchev–Trinajstić information content (AvgIpc) is 2.66. The van der Waals surface area contributed by atoms with Crippen LogP contribution in [0.4, 0.5) is 20.6 Å². The third-order valence-corrected chi connectivity index (χ3v) is 3.26. The van der Waals surface area contributed by atoms with Crippen LogP contribution in [0.1, 0.15) is 10.4 Å². The molecule has 0 aliphatic rings. The summed E-state index contributed by atoms with van der Waals surface area (Å²) in [6.07, 6.45) is 1.45. The molecule has 2 aromatic carbocycles. The minimum Gasteiger partial charge on any atom is -0.452 e. The molecule has 0 radical (unpaired) electrons. The van der Waals surface area contributed by atoms with E-state index in [2.05, 4.69) is 17.2 Å². The summed E-state index contributed by atoms with van der Waals surface area (Å²) in [5.41, 5.74) is 1.19. The van der Waals surface area contributed by atoms with Crippen LogP contribution in [0.2, 0.25) is 0 Å². The topological polar surface area (TPSA) is 96.5 Å². The molecule has 3 amide bonds. The lowest BCUT2D eigenvalue weighted by Crippen LogP contribution is -2.41. The number of amides is 3. The van der Waals surface area contributed by atoms with Crippen molar-refractivity contribution < 1.29 is 23.5 Å². The predicted octanol–water partition coefficient (Wildman–Crippen LogP) is 2.74. The number of rotatable bonds is 7. The highest BCUT2D eigenvalue weighted by Gasteiger charge is 2.15. The standard InChI is InChI=1S/C19H18FN3O4/c1-2-11-21-19(26)23-17(24)12-27-18(25)15-5-3-4-6-16(15)22-14-9-7-13(20)8-10-14/h2-10,22H,1,11-12H2,(H2,21,23,24,26). The van der Waals surface area contributed by atoms with Crippen LogP contribution in [0.5, 0.6) is 0 Å². The highest BCUT2D eigenvalue weighted by molar-refractivity contribution is 5.99. The first-order chi connectivity index (χ1) is 13.0. The van der Waals surface area contributed by atoms with Crippen molar-refractivity contribution in [2.24, 2.45) is 0 Å². The van der Waals surface area contributed by atoms with E-state index in [1.54, 1.807) is 18.2 Å². The quantitative estimate of drug-likeness (QED) is 0.514. The number of carbonyl (C=O) groups excluding carboxylic acids is 3. The molecular formula is C19H18FN3O4. The van der Waals surface area contributed by atoms with Gasteiger partial charge < -0.3 is 15.4 Å². The number of benzene rings is 2. The molecule has 0 atom stereocenters. The molecule has 0 aliphatic heterocycles. The van der Waals surface area contributed by atoms with Gasteiger partial charge in [-0.1, -0.05) is 18.2 Å². The molecule has 140 valence electrons. The molecule has 0 fully saturated rings. The number of anilines is 2. The second kappa shape index (κ2) is 9.71. The lowest BCUT2D eigenvalue weighted by atomic mass is 10.1. The van der Waals surface area contributed by atoms with Gasteiger partial charge in [0.1, 0.15) is 5.82 Å². The lowest BCUT2D eigenvalue weighted by Gasteiger charge is -2.12. The van der Waals surface area contributed by atoms with Crippen LogP contribution in [0.3, 0.4) is 0 Å². The van der Waals surface area contributed by atoms with Gasteiger partial charge in [-0.05, 0) is 36.4 Å². The molecular weight excluding hydrogens is 353 g/mol. The first-order valence-electron chi connectivity index (χ1n) is 7.97. The zero-order chi connectivity index (χ0) is 19.6. The smallest absolute Gasteiger partial charge is 0.340 e. The fraction of sp³-hybridized carbons (Fsp3) is 0.105. The minimum absolute atomic E-state index is 0.186. The van der Waals surface area contributed by atoms with Crippen LogP contribution in [-0.4, -0.2) is 31.1 Å². The van der Waals surface area contributed by atoms with Gasteiger partial charge in [0.2, 0.25) is 0 Å². The Kier molecular flexibility index (Phi) is 7.07. The Morgan fingerprint density at radius 2 is 1.78 bits per heavy atom. The van der Waals surface area contributed by atoms with E-state index in [-0.39, 0.29) is 17.9 Å². The maximum absolute atomic E-state index is 13.0. The van der Waals surface area contributed by atoms with Crippen LogP contribution in [-0.2, 0) is 9.53 Å². The van der Waals surface area contributed by atoms with Crippen molar-refractivity contribution in [1.29, 1.82) is 0 Å². The third-order valence-electron chi connectivity index (χ3n) is 3.26. The molecule has 0 heterocycles. The molecule has 0 aromatic heterocycles. The zero-order valence-corrected chi connectivity index (χ0v) is 14.3. The Bertz CT molecular complexity index is 837. The molecule has 2 rings (SSSR count). The minimum atomic E-state index is -0.770. The predicted molar refractivity (Wildman–Crippen MR) is 98.1 cm³/mol. The summed E-state index contributed by atoms with van der Waals surface area (Å²) in [4.78, 5) is 35.2. The van der Waals surface area contributed by atoms with E-state index in [9.17, 15) is 18.8 Å².